The number of nitrogens with one attached hydrogen (secondary N) is 1. The number of rotatable bonds is 1. The van der Waals surface area contributed by atoms with Crippen molar-refractivity contribution in [2.45, 2.75) is 0 Å². The molecule has 0 unspecified atom stereocenters. The van der Waals surface area contributed by atoms with Crippen LogP contribution in [0.3, 0.4) is 0 Å². The van der Waals surface area contributed by atoms with E-state index in [1.165, 1.54) is 0 Å². The van der Waals surface area contributed by atoms with E-state index in [9.17, 15) is 0 Å². The predicted octanol–water partition coefficient (Wildman–Crippen LogP) is -1.21. The summed E-state index contributed by atoms with van der Waals surface area (Å²) in [7, 11) is 0. The lowest BCUT2D eigenvalue weighted by atomic mass is 10.2. The van der Waals surface area contributed by atoms with Crippen molar-refractivity contribution in [2.75, 3.05) is 13.1 Å². The molecule has 0 aliphatic carbocycles. The van der Waals surface area contributed by atoms with Crippen LogP contribution < -0.4 is 17.7 Å². The Hall–Kier alpha value is -1.48. The molecule has 0 radical (unpaired) electrons. The van der Waals surface area contributed by atoms with E-state index < -0.39 is 0 Å². The molecule has 3 nitrogen and oxygen atoms in total. The summed E-state index contributed by atoms with van der Waals surface area (Å²) in [6, 6.07) is 10.0. The minimum absolute atomic E-state index is 0. The van der Waals surface area contributed by atoms with Crippen LogP contribution in [0.4, 0.5) is 0 Å². The van der Waals surface area contributed by atoms with E-state index in [2.05, 4.69) is 10.3 Å². The van der Waals surface area contributed by atoms with E-state index in [4.69, 9.17) is 4.42 Å². The Morgan fingerprint density at radius 3 is 2.87 bits per heavy atom. The molecule has 15 heavy (non-hydrogen) atoms. The van der Waals surface area contributed by atoms with E-state index >= 15 is 0 Å². The molecule has 0 saturated carbocycles. The van der Waals surface area contributed by atoms with Gasteiger partial charge in [0.05, 0.1) is 6.54 Å². The molecule has 3 rings (SSSR count). The summed E-state index contributed by atoms with van der Waals surface area (Å²) in [5, 5.41) is 4.31. The van der Waals surface area contributed by atoms with Gasteiger partial charge in [-0.15, -0.1) is 0 Å². The van der Waals surface area contributed by atoms with E-state index in [-0.39, 0.29) is 12.4 Å². The largest absolute Gasteiger partial charge is 1.00 e. The number of fused-ring (bicyclic) bond motifs is 1. The monoisotopic (exact) mass is 221 g/mol. The molecule has 0 fully saturated rings. The quantitative estimate of drug-likeness (QED) is 0.656. The Kier molecular flexibility index (Phi) is 2.64. The molecule has 0 amide bonds. The molecule has 0 saturated heterocycles. The van der Waals surface area contributed by atoms with E-state index in [0.717, 1.165) is 35.7 Å². The number of hydrogen-bond acceptors (Lipinski definition) is 3. The number of amidine groups is 1. The van der Waals surface area contributed by atoms with Gasteiger partial charge in [-0.05, 0) is 12.1 Å². The lowest BCUT2D eigenvalue weighted by Crippen LogP contribution is -3.00. The van der Waals surface area contributed by atoms with Gasteiger partial charge < -0.3 is 22.1 Å². The molecule has 1 aliphatic rings. The lowest BCUT2D eigenvalue weighted by Gasteiger charge is -1.94. The molecular formula is C11H10ClN2O-. The highest BCUT2D eigenvalue weighted by Gasteiger charge is 2.12. The molecule has 4 heteroatoms. The number of halogens is 1. The maximum Gasteiger partial charge on any atom is 0.170 e. The molecule has 2 aromatic rings. The van der Waals surface area contributed by atoms with Gasteiger partial charge >= 0.3 is 0 Å². The molecular weight excluding hydrogens is 212 g/mol. The SMILES string of the molecule is [Cl-].c1ccc2oc(C3=NCCN3)cc2c1. The van der Waals surface area contributed by atoms with Gasteiger partial charge in [-0.2, -0.15) is 0 Å². The second-order valence-electron chi connectivity index (χ2n) is 3.31. The van der Waals surface area contributed by atoms with Crippen LogP contribution in [0.15, 0.2) is 39.7 Å². The maximum atomic E-state index is 5.66. The lowest BCUT2D eigenvalue weighted by molar-refractivity contribution is -0.00000328. The van der Waals surface area contributed by atoms with Gasteiger partial charge in [-0.1, -0.05) is 18.2 Å². The predicted molar refractivity (Wildman–Crippen MR) is 55.6 cm³/mol. The van der Waals surface area contributed by atoms with Crippen LogP contribution in [0.2, 0.25) is 0 Å². The molecule has 78 valence electrons. The first-order valence-electron chi connectivity index (χ1n) is 4.71. The topological polar surface area (TPSA) is 37.5 Å². The van der Waals surface area contributed by atoms with E-state index in [0.29, 0.717) is 0 Å². The van der Waals surface area contributed by atoms with Crippen molar-refractivity contribution in [3.05, 3.63) is 36.1 Å². The van der Waals surface area contributed by atoms with Crippen LogP contribution in [0.5, 0.6) is 0 Å². The third-order valence-corrected chi connectivity index (χ3v) is 2.33. The molecule has 0 atom stereocenters. The Labute approximate surface area is 93.6 Å². The van der Waals surface area contributed by atoms with Gasteiger partial charge in [0.25, 0.3) is 0 Å². The minimum Gasteiger partial charge on any atom is -1.00 e. The Morgan fingerprint density at radius 1 is 1.27 bits per heavy atom. The van der Waals surface area contributed by atoms with Crippen molar-refractivity contribution < 1.29 is 16.8 Å². The number of nitrogens with zero attached hydrogens (tertiary/aromatic N) is 1. The normalized spacial score (nSPS) is 14.5. The molecule has 1 aliphatic heterocycles. The molecule has 1 aromatic carbocycles. The van der Waals surface area contributed by atoms with Gasteiger partial charge in [-0.25, -0.2) is 0 Å². The Morgan fingerprint density at radius 2 is 2.13 bits per heavy atom. The highest BCUT2D eigenvalue weighted by molar-refractivity contribution is 6.00. The molecule has 1 aromatic heterocycles. The summed E-state index contributed by atoms with van der Waals surface area (Å²) in [4.78, 5) is 4.31. The number of hydrogen-bond donors (Lipinski definition) is 1. The van der Waals surface area contributed by atoms with Crippen LogP contribution in [0, 0.1) is 0 Å². The van der Waals surface area contributed by atoms with Crippen molar-refractivity contribution in [1.82, 2.24) is 5.32 Å². The van der Waals surface area contributed by atoms with Crippen LogP contribution in [-0.2, 0) is 0 Å². The minimum atomic E-state index is 0. The summed E-state index contributed by atoms with van der Waals surface area (Å²) >= 11 is 0. The van der Waals surface area contributed by atoms with Gasteiger partial charge in [0.15, 0.2) is 11.6 Å². The first kappa shape index (κ1) is 10.1. The van der Waals surface area contributed by atoms with Crippen LogP contribution in [0.25, 0.3) is 11.0 Å². The molecule has 0 spiro atoms. The van der Waals surface area contributed by atoms with E-state index in [1.54, 1.807) is 0 Å². The smallest absolute Gasteiger partial charge is 0.170 e. The van der Waals surface area contributed by atoms with Crippen molar-refractivity contribution in [2.24, 2.45) is 4.99 Å². The average molecular weight is 222 g/mol. The standard InChI is InChI=1S/C11H10N2O.ClH/c1-2-4-9-8(3-1)7-10(14-9)11-12-5-6-13-11;/h1-4,7H,5-6H2,(H,12,13);1H/p-1. The second kappa shape index (κ2) is 3.95. The first-order valence-corrected chi connectivity index (χ1v) is 4.71. The second-order valence-corrected chi connectivity index (χ2v) is 3.31. The summed E-state index contributed by atoms with van der Waals surface area (Å²) in [5.74, 6) is 1.71. The van der Waals surface area contributed by atoms with Crippen molar-refractivity contribution in [3.63, 3.8) is 0 Å². The Balaban J connectivity index is 0.000000853. The van der Waals surface area contributed by atoms with Gasteiger partial charge in [0, 0.05) is 11.9 Å². The summed E-state index contributed by atoms with van der Waals surface area (Å²) in [5.41, 5.74) is 0.916. The highest BCUT2D eigenvalue weighted by Crippen LogP contribution is 2.19. The molecule has 2 heterocycles. The van der Waals surface area contributed by atoms with Gasteiger partial charge in [-0.3, -0.25) is 4.99 Å². The number of para-hydroxylation sites is 1. The van der Waals surface area contributed by atoms with Crippen LogP contribution in [-0.4, -0.2) is 18.9 Å². The fourth-order valence-corrected chi connectivity index (χ4v) is 1.66. The number of aliphatic imine (C=N–C) groups is 1. The van der Waals surface area contributed by atoms with Crippen LogP contribution in [0.1, 0.15) is 5.76 Å². The highest BCUT2D eigenvalue weighted by atomic mass is 35.5. The third kappa shape index (κ3) is 1.70. The first-order chi connectivity index (χ1) is 6.93. The fourth-order valence-electron chi connectivity index (χ4n) is 1.66. The average Bonchev–Trinajstić information content (AvgIpc) is 2.86. The maximum absolute atomic E-state index is 5.66. The third-order valence-electron chi connectivity index (χ3n) is 2.33. The summed E-state index contributed by atoms with van der Waals surface area (Å²) in [6.07, 6.45) is 0. The van der Waals surface area contributed by atoms with Crippen molar-refractivity contribution in [1.29, 1.82) is 0 Å². The number of furan rings is 1. The van der Waals surface area contributed by atoms with Crippen molar-refractivity contribution in [3.8, 4) is 0 Å². The Bertz CT molecular complexity index is 471. The summed E-state index contributed by atoms with van der Waals surface area (Å²) in [6.45, 7) is 1.75. The van der Waals surface area contributed by atoms with Crippen LogP contribution >= 0.6 is 0 Å². The molecule has 0 bridgehead atoms. The summed E-state index contributed by atoms with van der Waals surface area (Å²) < 4.78 is 5.66. The zero-order valence-corrected chi connectivity index (χ0v) is 8.79. The van der Waals surface area contributed by atoms with E-state index in [1.807, 2.05) is 30.3 Å². The van der Waals surface area contributed by atoms with Gasteiger partial charge in [0.1, 0.15) is 5.58 Å². The zero-order chi connectivity index (χ0) is 9.38. The zero-order valence-electron chi connectivity index (χ0n) is 8.03. The van der Waals surface area contributed by atoms with Crippen molar-refractivity contribution >= 4 is 16.8 Å². The fraction of sp³-hybridized carbons (Fsp3) is 0.182. The number of benzene rings is 1. The van der Waals surface area contributed by atoms with Gasteiger partial charge in [0.2, 0.25) is 0 Å². The molecule has 1 N–H and O–H groups in total.